The highest BCUT2D eigenvalue weighted by atomic mass is 32.1. The molecule has 46 valence electrons. The monoisotopic (exact) mass is 138 g/mol. The van der Waals surface area contributed by atoms with Crippen molar-refractivity contribution in [1.82, 2.24) is 5.32 Å². The summed E-state index contributed by atoms with van der Waals surface area (Å²) in [7, 11) is 0. The summed E-state index contributed by atoms with van der Waals surface area (Å²) < 4.78 is 0. The van der Waals surface area contributed by atoms with Gasteiger partial charge in [0.05, 0.1) is 11.1 Å². The quantitative estimate of drug-likeness (QED) is 0.506. The first-order valence-electron chi connectivity index (χ1n) is 2.69. The molecule has 0 aliphatic carbocycles. The lowest BCUT2D eigenvalue weighted by Crippen LogP contribution is -2.26. The summed E-state index contributed by atoms with van der Waals surface area (Å²) in [6.45, 7) is 0. The predicted octanol–water partition coefficient (Wildman–Crippen LogP) is 0.961. The van der Waals surface area contributed by atoms with Crippen molar-refractivity contribution in [1.29, 1.82) is 5.26 Å². The van der Waals surface area contributed by atoms with E-state index in [1.807, 2.05) is 6.08 Å². The van der Waals surface area contributed by atoms with Gasteiger partial charge in [-0.1, -0.05) is 18.3 Å². The second kappa shape index (κ2) is 2.60. The number of hydrogen-bond donors (Lipinski definition) is 1. The van der Waals surface area contributed by atoms with Crippen LogP contribution in [-0.4, -0.2) is 4.99 Å². The molecule has 1 aliphatic heterocycles. The maximum atomic E-state index is 8.45. The number of allylic oxidation sites excluding steroid dienone is 1. The van der Waals surface area contributed by atoms with Crippen LogP contribution in [0.3, 0.4) is 0 Å². The summed E-state index contributed by atoms with van der Waals surface area (Å²) in [5.41, 5.74) is 0. The van der Waals surface area contributed by atoms with E-state index in [0.29, 0.717) is 4.99 Å². The lowest BCUT2D eigenvalue weighted by atomic mass is 10.1. The molecule has 0 aromatic heterocycles. The molecule has 1 heterocycles. The van der Waals surface area contributed by atoms with Crippen LogP contribution in [0.5, 0.6) is 0 Å². The molecule has 3 heteroatoms. The fourth-order valence-corrected chi connectivity index (χ4v) is 0.881. The summed E-state index contributed by atoms with van der Waals surface area (Å²) in [5.74, 6) is -0.106. The minimum Gasteiger partial charge on any atom is -0.355 e. The van der Waals surface area contributed by atoms with Gasteiger partial charge < -0.3 is 5.32 Å². The Balaban J connectivity index is 2.67. The third-order valence-corrected chi connectivity index (χ3v) is 1.59. The van der Waals surface area contributed by atoms with Crippen LogP contribution in [0.2, 0.25) is 0 Å². The van der Waals surface area contributed by atoms with E-state index < -0.39 is 0 Å². The third kappa shape index (κ3) is 1.27. The standard InChI is InChI=1S/C6H6N2S/c7-4-5-2-1-3-8-6(5)9/h1,3,5H,2H2,(H,8,9). The smallest absolute Gasteiger partial charge is 0.100 e. The second-order valence-corrected chi connectivity index (χ2v) is 2.27. The molecule has 0 aromatic rings. The fraction of sp³-hybridized carbons (Fsp3) is 0.333. The van der Waals surface area contributed by atoms with Crippen LogP contribution in [0.1, 0.15) is 6.42 Å². The summed E-state index contributed by atoms with van der Waals surface area (Å²) in [6.07, 6.45) is 4.43. The molecule has 2 nitrogen and oxygen atoms in total. The molecule has 0 spiro atoms. The minimum absolute atomic E-state index is 0.106. The molecule has 0 saturated carbocycles. The van der Waals surface area contributed by atoms with Gasteiger partial charge in [0, 0.05) is 0 Å². The van der Waals surface area contributed by atoms with Crippen molar-refractivity contribution in [2.24, 2.45) is 5.92 Å². The molecule has 1 rings (SSSR count). The van der Waals surface area contributed by atoms with E-state index in [1.54, 1.807) is 6.20 Å². The lowest BCUT2D eigenvalue weighted by molar-refractivity contribution is 0.850. The summed E-state index contributed by atoms with van der Waals surface area (Å²) >= 11 is 4.84. The lowest BCUT2D eigenvalue weighted by Gasteiger charge is -2.11. The predicted molar refractivity (Wildman–Crippen MR) is 38.6 cm³/mol. The van der Waals surface area contributed by atoms with Crippen molar-refractivity contribution in [3.05, 3.63) is 12.3 Å². The molecule has 1 aliphatic rings. The van der Waals surface area contributed by atoms with Crippen LogP contribution in [0.15, 0.2) is 12.3 Å². The van der Waals surface area contributed by atoms with Gasteiger partial charge in [0.25, 0.3) is 0 Å². The van der Waals surface area contributed by atoms with E-state index in [9.17, 15) is 0 Å². The van der Waals surface area contributed by atoms with E-state index in [0.717, 1.165) is 6.42 Å². The highest BCUT2D eigenvalue weighted by Gasteiger charge is 2.12. The van der Waals surface area contributed by atoms with Gasteiger partial charge in [0.1, 0.15) is 5.92 Å². The molecule has 0 aromatic carbocycles. The maximum absolute atomic E-state index is 8.45. The Hall–Kier alpha value is -0.880. The first-order valence-corrected chi connectivity index (χ1v) is 3.10. The maximum Gasteiger partial charge on any atom is 0.100 e. The Bertz CT molecular complexity index is 190. The Kier molecular flexibility index (Phi) is 1.81. The average Bonchev–Trinajstić information content (AvgIpc) is 1.89. The summed E-state index contributed by atoms with van der Waals surface area (Å²) in [4.78, 5) is 0.639. The minimum atomic E-state index is -0.106. The Morgan fingerprint density at radius 3 is 3.11 bits per heavy atom. The van der Waals surface area contributed by atoms with Gasteiger partial charge in [-0.15, -0.1) is 0 Å². The van der Waals surface area contributed by atoms with Crippen molar-refractivity contribution >= 4 is 17.2 Å². The first-order chi connectivity index (χ1) is 4.34. The fourth-order valence-electron chi connectivity index (χ4n) is 0.664. The SMILES string of the molecule is N#CC1CC=CNC1=S. The topological polar surface area (TPSA) is 35.8 Å². The second-order valence-electron chi connectivity index (χ2n) is 1.83. The number of nitrogens with zero attached hydrogens (tertiary/aromatic N) is 1. The molecule has 1 N–H and O–H groups in total. The van der Waals surface area contributed by atoms with Crippen LogP contribution in [0.4, 0.5) is 0 Å². The molecule has 0 fully saturated rings. The zero-order valence-electron chi connectivity index (χ0n) is 4.79. The number of hydrogen-bond acceptors (Lipinski definition) is 2. The van der Waals surface area contributed by atoms with Gasteiger partial charge in [-0.2, -0.15) is 5.26 Å². The van der Waals surface area contributed by atoms with E-state index in [2.05, 4.69) is 11.4 Å². The number of rotatable bonds is 0. The van der Waals surface area contributed by atoms with Gasteiger partial charge in [-0.3, -0.25) is 0 Å². The summed E-state index contributed by atoms with van der Waals surface area (Å²) in [6, 6.07) is 2.10. The van der Waals surface area contributed by atoms with Crippen LogP contribution < -0.4 is 5.32 Å². The first kappa shape index (κ1) is 6.24. The van der Waals surface area contributed by atoms with Gasteiger partial charge in [0.15, 0.2) is 0 Å². The van der Waals surface area contributed by atoms with Crippen LogP contribution >= 0.6 is 12.2 Å². The van der Waals surface area contributed by atoms with Gasteiger partial charge in [-0.25, -0.2) is 0 Å². The van der Waals surface area contributed by atoms with E-state index in [1.165, 1.54) is 0 Å². The van der Waals surface area contributed by atoms with E-state index in [4.69, 9.17) is 17.5 Å². The molecule has 0 amide bonds. The van der Waals surface area contributed by atoms with Crippen molar-refractivity contribution in [3.8, 4) is 6.07 Å². The van der Waals surface area contributed by atoms with Crippen molar-refractivity contribution in [3.63, 3.8) is 0 Å². The highest BCUT2D eigenvalue weighted by Crippen LogP contribution is 2.07. The Morgan fingerprint density at radius 2 is 2.67 bits per heavy atom. The normalized spacial score (nSPS) is 24.8. The molecule has 1 atom stereocenters. The van der Waals surface area contributed by atoms with Gasteiger partial charge in [0.2, 0.25) is 0 Å². The van der Waals surface area contributed by atoms with Crippen molar-refractivity contribution < 1.29 is 0 Å². The summed E-state index contributed by atoms with van der Waals surface area (Å²) in [5, 5.41) is 11.3. The Morgan fingerprint density at radius 1 is 1.89 bits per heavy atom. The molecule has 0 bridgehead atoms. The number of nitriles is 1. The molecule has 9 heavy (non-hydrogen) atoms. The zero-order chi connectivity index (χ0) is 6.69. The van der Waals surface area contributed by atoms with E-state index >= 15 is 0 Å². The van der Waals surface area contributed by atoms with Crippen LogP contribution in [0, 0.1) is 17.2 Å². The van der Waals surface area contributed by atoms with Crippen molar-refractivity contribution in [2.45, 2.75) is 6.42 Å². The largest absolute Gasteiger partial charge is 0.355 e. The van der Waals surface area contributed by atoms with Crippen LogP contribution in [-0.2, 0) is 0 Å². The molecule has 0 saturated heterocycles. The molecular weight excluding hydrogens is 132 g/mol. The molecule has 0 radical (unpaired) electrons. The highest BCUT2D eigenvalue weighted by molar-refractivity contribution is 7.80. The van der Waals surface area contributed by atoms with Crippen molar-refractivity contribution in [2.75, 3.05) is 0 Å². The van der Waals surface area contributed by atoms with Crippen LogP contribution in [0.25, 0.3) is 0 Å². The molecule has 1 unspecified atom stereocenters. The van der Waals surface area contributed by atoms with E-state index in [-0.39, 0.29) is 5.92 Å². The van der Waals surface area contributed by atoms with Gasteiger partial charge in [-0.05, 0) is 12.6 Å². The average molecular weight is 138 g/mol. The Labute approximate surface area is 59.2 Å². The number of nitrogens with one attached hydrogen (secondary N) is 1. The molecular formula is C6H6N2S. The van der Waals surface area contributed by atoms with Gasteiger partial charge >= 0.3 is 0 Å². The zero-order valence-corrected chi connectivity index (χ0v) is 5.61. The third-order valence-electron chi connectivity index (χ3n) is 1.19. The number of thiocarbonyl (C=S) groups is 1.